The van der Waals surface area contributed by atoms with Gasteiger partial charge in [-0.2, -0.15) is 0 Å². The highest BCUT2D eigenvalue weighted by Gasteiger charge is 2.22. The fourth-order valence-corrected chi connectivity index (χ4v) is 1.42. The van der Waals surface area contributed by atoms with Crippen LogP contribution in [0.5, 0.6) is 0 Å². The molecule has 0 aliphatic heterocycles. The summed E-state index contributed by atoms with van der Waals surface area (Å²) in [4.78, 5) is 11.4. The van der Waals surface area contributed by atoms with Crippen molar-refractivity contribution in [2.75, 3.05) is 11.9 Å². The van der Waals surface area contributed by atoms with Crippen LogP contribution in [0.1, 0.15) is 0 Å². The zero-order chi connectivity index (χ0) is 13.2. The molecule has 1 aromatic heterocycles. The first kappa shape index (κ1) is 13.3. The monoisotopic (exact) mass is 308 g/mol. The number of rotatable bonds is 2. The maximum absolute atomic E-state index is 11.4. The molecule has 96 valence electrons. The molecule has 0 atom stereocenters. The highest BCUT2D eigenvalue weighted by atomic mass is 35.6. The number of nitrogens with zero attached hydrogens (tertiary/aromatic N) is 1. The molecule has 0 saturated carbocycles. The van der Waals surface area contributed by atoms with Gasteiger partial charge < -0.3 is 9.26 Å². The summed E-state index contributed by atoms with van der Waals surface area (Å²) in [5, 5.41) is 6.75. The van der Waals surface area contributed by atoms with Crippen molar-refractivity contribution in [3.8, 4) is 0 Å². The number of carbonyl (C=O) groups excluding carboxylic acids is 1. The van der Waals surface area contributed by atoms with E-state index in [9.17, 15) is 4.79 Å². The van der Waals surface area contributed by atoms with Crippen LogP contribution in [-0.2, 0) is 4.74 Å². The van der Waals surface area contributed by atoms with Gasteiger partial charge in [-0.1, -0.05) is 52.1 Å². The van der Waals surface area contributed by atoms with E-state index in [1.54, 1.807) is 24.3 Å². The van der Waals surface area contributed by atoms with Crippen LogP contribution in [0.3, 0.4) is 0 Å². The predicted octanol–water partition coefficient (Wildman–Crippen LogP) is 3.75. The lowest BCUT2D eigenvalue weighted by Gasteiger charge is -2.10. The lowest BCUT2D eigenvalue weighted by Crippen LogP contribution is -2.21. The smallest absolute Gasteiger partial charge is 0.413 e. The predicted molar refractivity (Wildman–Crippen MR) is 69.3 cm³/mol. The van der Waals surface area contributed by atoms with Gasteiger partial charge in [-0.15, -0.1) is 0 Å². The first-order valence-corrected chi connectivity index (χ1v) is 5.94. The molecule has 18 heavy (non-hydrogen) atoms. The molecule has 5 nitrogen and oxygen atoms in total. The minimum atomic E-state index is -1.65. The van der Waals surface area contributed by atoms with Gasteiger partial charge in [-0.3, -0.25) is 5.32 Å². The number of para-hydroxylation sites is 1. The number of benzene rings is 1. The number of ether oxygens (including phenoxy) is 1. The van der Waals surface area contributed by atoms with E-state index in [-0.39, 0.29) is 12.4 Å². The molecule has 1 N–H and O–H groups in total. The summed E-state index contributed by atoms with van der Waals surface area (Å²) in [7, 11) is 0. The summed E-state index contributed by atoms with van der Waals surface area (Å²) >= 11 is 16.3. The molecule has 0 bridgehead atoms. The Morgan fingerprint density at radius 1 is 1.39 bits per heavy atom. The van der Waals surface area contributed by atoms with Gasteiger partial charge in [0, 0.05) is 0 Å². The van der Waals surface area contributed by atoms with E-state index in [0.29, 0.717) is 11.0 Å². The quantitative estimate of drug-likeness (QED) is 0.858. The lowest BCUT2D eigenvalue weighted by molar-refractivity contribution is 0.163. The van der Waals surface area contributed by atoms with Crippen molar-refractivity contribution in [1.29, 1.82) is 0 Å². The van der Waals surface area contributed by atoms with Crippen molar-refractivity contribution in [3.05, 3.63) is 24.3 Å². The molecule has 1 amide bonds. The van der Waals surface area contributed by atoms with Gasteiger partial charge in [0.15, 0.2) is 11.4 Å². The Morgan fingerprint density at radius 2 is 2.11 bits per heavy atom. The number of nitrogens with one attached hydrogen (secondary N) is 1. The van der Waals surface area contributed by atoms with Gasteiger partial charge in [0.05, 0.1) is 5.39 Å². The molecule has 8 heteroatoms. The fourth-order valence-electron chi connectivity index (χ4n) is 1.26. The summed E-state index contributed by atoms with van der Waals surface area (Å²) in [6.45, 7) is -0.362. The maximum Gasteiger partial charge on any atom is 0.413 e. The Labute approximate surface area is 117 Å². The summed E-state index contributed by atoms with van der Waals surface area (Å²) in [6, 6.07) is 7.05. The number of anilines is 1. The third-order valence-electron chi connectivity index (χ3n) is 1.96. The van der Waals surface area contributed by atoms with E-state index < -0.39 is 9.89 Å². The largest absolute Gasteiger partial charge is 0.445 e. The first-order chi connectivity index (χ1) is 8.46. The molecular weight excluding hydrogens is 302 g/mol. The van der Waals surface area contributed by atoms with E-state index in [0.717, 1.165) is 0 Å². The summed E-state index contributed by atoms with van der Waals surface area (Å²) in [5.74, 6) is 0.250. The number of aromatic nitrogens is 1. The molecule has 0 aliphatic carbocycles. The fraction of sp³-hybridized carbons (Fsp3) is 0.200. The van der Waals surface area contributed by atoms with E-state index in [2.05, 4.69) is 10.5 Å². The Balaban J connectivity index is 2.03. The third-order valence-corrected chi connectivity index (χ3v) is 2.29. The zero-order valence-corrected chi connectivity index (χ0v) is 11.1. The number of hydrogen-bond acceptors (Lipinski definition) is 4. The molecular formula is C10H7Cl3N2O3. The van der Waals surface area contributed by atoms with Crippen LogP contribution >= 0.6 is 34.8 Å². The van der Waals surface area contributed by atoms with Crippen LogP contribution in [0.25, 0.3) is 11.0 Å². The summed E-state index contributed by atoms with van der Waals surface area (Å²) < 4.78 is 8.05. The first-order valence-electron chi connectivity index (χ1n) is 4.81. The SMILES string of the molecule is O=C(Nc1noc2ccccc12)OCC(Cl)(Cl)Cl. The van der Waals surface area contributed by atoms with Crippen LogP contribution in [0.2, 0.25) is 0 Å². The highest BCUT2D eigenvalue weighted by Crippen LogP contribution is 2.26. The van der Waals surface area contributed by atoms with Gasteiger partial charge in [0.2, 0.25) is 3.79 Å². The second kappa shape index (κ2) is 5.22. The number of alkyl halides is 3. The van der Waals surface area contributed by atoms with Gasteiger partial charge in [0.25, 0.3) is 0 Å². The maximum atomic E-state index is 11.4. The number of carbonyl (C=O) groups is 1. The lowest BCUT2D eigenvalue weighted by atomic mass is 10.2. The molecule has 2 rings (SSSR count). The van der Waals surface area contributed by atoms with Gasteiger partial charge in [0.1, 0.15) is 6.61 Å². The van der Waals surface area contributed by atoms with Gasteiger partial charge >= 0.3 is 6.09 Å². The Bertz CT molecular complexity index is 565. The molecule has 2 aromatic rings. The van der Waals surface area contributed by atoms with E-state index in [1.807, 2.05) is 0 Å². The van der Waals surface area contributed by atoms with Crippen molar-refractivity contribution in [2.24, 2.45) is 0 Å². The minimum absolute atomic E-state index is 0.250. The Morgan fingerprint density at radius 3 is 2.83 bits per heavy atom. The highest BCUT2D eigenvalue weighted by molar-refractivity contribution is 6.67. The molecule has 0 unspecified atom stereocenters. The summed E-state index contributed by atoms with van der Waals surface area (Å²) in [5.41, 5.74) is 0.550. The number of hydrogen-bond donors (Lipinski definition) is 1. The van der Waals surface area contributed by atoms with Crippen LogP contribution in [-0.4, -0.2) is 21.6 Å². The molecule has 0 aliphatic rings. The average molecular weight is 310 g/mol. The number of amides is 1. The van der Waals surface area contributed by atoms with Crippen molar-refractivity contribution in [2.45, 2.75) is 3.79 Å². The van der Waals surface area contributed by atoms with E-state index in [1.165, 1.54) is 0 Å². The number of halogens is 3. The zero-order valence-electron chi connectivity index (χ0n) is 8.82. The molecule has 0 fully saturated rings. The minimum Gasteiger partial charge on any atom is -0.445 e. The second-order valence-electron chi connectivity index (χ2n) is 3.34. The van der Waals surface area contributed by atoms with E-state index in [4.69, 9.17) is 44.1 Å². The second-order valence-corrected chi connectivity index (χ2v) is 5.86. The normalized spacial score (nSPS) is 11.5. The van der Waals surface area contributed by atoms with Crippen molar-refractivity contribution in [1.82, 2.24) is 5.16 Å². The molecule has 0 radical (unpaired) electrons. The number of fused-ring (bicyclic) bond motifs is 1. The van der Waals surface area contributed by atoms with Crippen molar-refractivity contribution < 1.29 is 14.1 Å². The van der Waals surface area contributed by atoms with Crippen LogP contribution in [0, 0.1) is 0 Å². The van der Waals surface area contributed by atoms with Crippen molar-refractivity contribution in [3.63, 3.8) is 0 Å². The summed E-state index contributed by atoms with van der Waals surface area (Å²) in [6.07, 6.45) is -0.777. The van der Waals surface area contributed by atoms with Crippen molar-refractivity contribution >= 4 is 57.7 Å². The third kappa shape index (κ3) is 3.41. The van der Waals surface area contributed by atoms with Crippen LogP contribution in [0.4, 0.5) is 10.6 Å². The average Bonchev–Trinajstić information content (AvgIpc) is 2.70. The Hall–Kier alpha value is -1.17. The molecule has 0 saturated heterocycles. The topological polar surface area (TPSA) is 64.4 Å². The van der Waals surface area contributed by atoms with Gasteiger partial charge in [-0.25, -0.2) is 4.79 Å². The van der Waals surface area contributed by atoms with E-state index >= 15 is 0 Å². The van der Waals surface area contributed by atoms with Crippen LogP contribution in [0.15, 0.2) is 28.8 Å². The van der Waals surface area contributed by atoms with Crippen LogP contribution < -0.4 is 5.32 Å². The molecule has 1 aromatic carbocycles. The Kier molecular flexibility index (Phi) is 3.85. The molecule has 1 heterocycles. The molecule has 0 spiro atoms. The van der Waals surface area contributed by atoms with Gasteiger partial charge in [-0.05, 0) is 12.1 Å². The standard InChI is InChI=1S/C10H7Cl3N2O3/c11-10(12,13)5-17-9(16)14-8-6-3-1-2-4-7(6)18-15-8/h1-4H,5H2,(H,14,15,16).